The summed E-state index contributed by atoms with van der Waals surface area (Å²) in [5.41, 5.74) is 0.567. The molecule has 14 heavy (non-hydrogen) atoms. The highest BCUT2D eigenvalue weighted by Gasteiger charge is 2.58. The van der Waals surface area contributed by atoms with Gasteiger partial charge in [0.1, 0.15) is 0 Å². The van der Waals surface area contributed by atoms with Gasteiger partial charge in [-0.15, -0.1) is 6.58 Å². The number of methoxy groups -OCH3 is 1. The summed E-state index contributed by atoms with van der Waals surface area (Å²) in [6, 6.07) is 0. The molecule has 0 aromatic heterocycles. The first kappa shape index (κ1) is 11.8. The number of hydrogen-bond acceptors (Lipinski definition) is 1. The minimum atomic E-state index is 0.567. The molecule has 0 spiro atoms. The molecule has 0 saturated heterocycles. The Kier molecular flexibility index (Phi) is 4.18. The van der Waals surface area contributed by atoms with Gasteiger partial charge in [-0.2, -0.15) is 0 Å². The number of unbranched alkanes of at least 4 members (excludes halogenated alkanes) is 1. The van der Waals surface area contributed by atoms with E-state index < -0.39 is 0 Å². The van der Waals surface area contributed by atoms with Crippen LogP contribution >= 0.6 is 0 Å². The molecule has 0 unspecified atom stereocenters. The van der Waals surface area contributed by atoms with E-state index >= 15 is 0 Å². The zero-order valence-electron chi connectivity index (χ0n) is 9.88. The standard InChI is InChI=1S/C13H24O/c1-5-7-8-9-11-12(10-14-4)13(11,3)6-2/h5,11-12H,1,6-10H2,2-4H3/t11-,12+,13-/m1/s1. The molecule has 82 valence electrons. The zero-order valence-corrected chi connectivity index (χ0v) is 9.88. The number of ether oxygens (including phenoxy) is 1. The van der Waals surface area contributed by atoms with E-state index in [0.29, 0.717) is 5.41 Å². The van der Waals surface area contributed by atoms with Gasteiger partial charge in [-0.1, -0.05) is 26.3 Å². The van der Waals surface area contributed by atoms with Crippen molar-refractivity contribution in [3.8, 4) is 0 Å². The van der Waals surface area contributed by atoms with E-state index in [1.807, 2.05) is 13.2 Å². The normalized spacial score (nSPS) is 35.6. The average molecular weight is 196 g/mol. The molecule has 0 aromatic rings. The van der Waals surface area contributed by atoms with Crippen LogP contribution in [-0.2, 0) is 4.74 Å². The molecule has 0 amide bonds. The van der Waals surface area contributed by atoms with Crippen LogP contribution in [0.3, 0.4) is 0 Å². The Bertz CT molecular complexity index is 188. The first-order chi connectivity index (χ1) is 6.70. The third kappa shape index (κ3) is 2.20. The van der Waals surface area contributed by atoms with Crippen LogP contribution in [0.5, 0.6) is 0 Å². The summed E-state index contributed by atoms with van der Waals surface area (Å²) >= 11 is 0. The van der Waals surface area contributed by atoms with E-state index in [-0.39, 0.29) is 0 Å². The van der Waals surface area contributed by atoms with E-state index in [2.05, 4.69) is 20.4 Å². The van der Waals surface area contributed by atoms with E-state index in [4.69, 9.17) is 4.74 Å². The lowest BCUT2D eigenvalue weighted by Gasteiger charge is -2.07. The molecule has 1 nitrogen and oxygen atoms in total. The molecule has 0 aromatic carbocycles. The minimum absolute atomic E-state index is 0.567. The van der Waals surface area contributed by atoms with Gasteiger partial charge in [-0.3, -0.25) is 0 Å². The summed E-state index contributed by atoms with van der Waals surface area (Å²) in [5, 5.41) is 0. The Hall–Kier alpha value is -0.300. The SMILES string of the molecule is C=CCCC[C@@H]1[C@H](COC)[C@]1(C)CC. The van der Waals surface area contributed by atoms with Crippen LogP contribution in [0.25, 0.3) is 0 Å². The second-order valence-electron chi connectivity index (χ2n) is 4.75. The highest BCUT2D eigenvalue weighted by atomic mass is 16.5. The van der Waals surface area contributed by atoms with Crippen molar-refractivity contribution in [3.05, 3.63) is 12.7 Å². The predicted molar refractivity (Wildman–Crippen MR) is 61.3 cm³/mol. The molecule has 0 heterocycles. The van der Waals surface area contributed by atoms with Gasteiger partial charge in [-0.05, 0) is 36.5 Å². The summed E-state index contributed by atoms with van der Waals surface area (Å²) < 4.78 is 5.28. The summed E-state index contributed by atoms with van der Waals surface area (Å²) in [7, 11) is 1.81. The van der Waals surface area contributed by atoms with Crippen molar-refractivity contribution in [3.63, 3.8) is 0 Å². The second kappa shape index (κ2) is 4.97. The van der Waals surface area contributed by atoms with Gasteiger partial charge in [0, 0.05) is 13.7 Å². The quantitative estimate of drug-likeness (QED) is 0.446. The third-order valence-electron chi connectivity index (χ3n) is 4.10. The monoisotopic (exact) mass is 196 g/mol. The molecule has 0 aliphatic heterocycles. The lowest BCUT2D eigenvalue weighted by atomic mass is 9.99. The van der Waals surface area contributed by atoms with Gasteiger partial charge in [0.2, 0.25) is 0 Å². The molecule has 1 aliphatic carbocycles. The Morgan fingerprint density at radius 1 is 1.43 bits per heavy atom. The highest BCUT2D eigenvalue weighted by molar-refractivity contribution is 5.06. The number of hydrogen-bond donors (Lipinski definition) is 0. The molecule has 0 N–H and O–H groups in total. The van der Waals surface area contributed by atoms with E-state index in [1.165, 1.54) is 19.3 Å². The smallest absolute Gasteiger partial charge is 0.0498 e. The van der Waals surface area contributed by atoms with Crippen molar-refractivity contribution in [2.24, 2.45) is 17.3 Å². The fourth-order valence-corrected chi connectivity index (χ4v) is 2.79. The van der Waals surface area contributed by atoms with E-state index in [9.17, 15) is 0 Å². The zero-order chi connectivity index (χ0) is 10.6. The van der Waals surface area contributed by atoms with Crippen molar-refractivity contribution in [1.82, 2.24) is 0 Å². The third-order valence-corrected chi connectivity index (χ3v) is 4.10. The molecule has 1 fully saturated rings. The largest absolute Gasteiger partial charge is 0.384 e. The van der Waals surface area contributed by atoms with E-state index in [1.54, 1.807) is 0 Å². The van der Waals surface area contributed by atoms with Crippen LogP contribution in [-0.4, -0.2) is 13.7 Å². The predicted octanol–water partition coefficient (Wildman–Crippen LogP) is 3.65. The fourth-order valence-electron chi connectivity index (χ4n) is 2.79. The van der Waals surface area contributed by atoms with Crippen LogP contribution in [0.15, 0.2) is 12.7 Å². The molecule has 1 rings (SSSR count). The van der Waals surface area contributed by atoms with Crippen LogP contribution in [0.4, 0.5) is 0 Å². The summed E-state index contributed by atoms with van der Waals surface area (Å²) in [6.07, 6.45) is 7.13. The first-order valence-electron chi connectivity index (χ1n) is 5.80. The molecular formula is C13H24O. The lowest BCUT2D eigenvalue weighted by Crippen LogP contribution is -2.00. The van der Waals surface area contributed by atoms with Gasteiger partial charge in [0.25, 0.3) is 0 Å². The Labute approximate surface area is 88.5 Å². The minimum Gasteiger partial charge on any atom is -0.384 e. The van der Waals surface area contributed by atoms with Crippen molar-refractivity contribution >= 4 is 0 Å². The first-order valence-corrected chi connectivity index (χ1v) is 5.80. The van der Waals surface area contributed by atoms with Gasteiger partial charge < -0.3 is 4.74 Å². The van der Waals surface area contributed by atoms with Gasteiger partial charge in [0.15, 0.2) is 0 Å². The molecule has 0 bridgehead atoms. The van der Waals surface area contributed by atoms with Crippen molar-refractivity contribution in [1.29, 1.82) is 0 Å². The number of allylic oxidation sites excluding steroid dienone is 1. The average Bonchev–Trinajstić information content (AvgIpc) is 2.74. The maximum Gasteiger partial charge on any atom is 0.0498 e. The maximum absolute atomic E-state index is 5.28. The maximum atomic E-state index is 5.28. The second-order valence-corrected chi connectivity index (χ2v) is 4.75. The van der Waals surface area contributed by atoms with Crippen LogP contribution in [0.1, 0.15) is 39.5 Å². The Morgan fingerprint density at radius 3 is 2.64 bits per heavy atom. The highest BCUT2D eigenvalue weighted by Crippen LogP contribution is 2.62. The van der Waals surface area contributed by atoms with Gasteiger partial charge in [-0.25, -0.2) is 0 Å². The number of rotatable bonds is 7. The van der Waals surface area contributed by atoms with Crippen LogP contribution in [0, 0.1) is 17.3 Å². The summed E-state index contributed by atoms with van der Waals surface area (Å²) in [6.45, 7) is 9.43. The summed E-state index contributed by atoms with van der Waals surface area (Å²) in [5.74, 6) is 1.70. The Morgan fingerprint density at radius 2 is 2.14 bits per heavy atom. The van der Waals surface area contributed by atoms with Crippen molar-refractivity contribution in [2.45, 2.75) is 39.5 Å². The van der Waals surface area contributed by atoms with Gasteiger partial charge >= 0.3 is 0 Å². The van der Waals surface area contributed by atoms with E-state index in [0.717, 1.165) is 24.9 Å². The lowest BCUT2D eigenvalue weighted by molar-refractivity contribution is 0.170. The van der Waals surface area contributed by atoms with Crippen molar-refractivity contribution in [2.75, 3.05) is 13.7 Å². The van der Waals surface area contributed by atoms with Crippen LogP contribution < -0.4 is 0 Å². The summed E-state index contributed by atoms with van der Waals surface area (Å²) in [4.78, 5) is 0. The fraction of sp³-hybridized carbons (Fsp3) is 0.846. The van der Waals surface area contributed by atoms with Gasteiger partial charge in [0.05, 0.1) is 0 Å². The Balaban J connectivity index is 2.33. The molecule has 1 aliphatic rings. The molecule has 1 heteroatoms. The van der Waals surface area contributed by atoms with Crippen molar-refractivity contribution < 1.29 is 4.74 Å². The molecule has 0 radical (unpaired) electrons. The topological polar surface area (TPSA) is 9.23 Å². The molecule has 1 saturated carbocycles. The molecule has 3 atom stereocenters. The molecular weight excluding hydrogens is 172 g/mol. The van der Waals surface area contributed by atoms with Crippen LogP contribution in [0.2, 0.25) is 0 Å².